The van der Waals surface area contributed by atoms with Gasteiger partial charge in [0.25, 0.3) is 5.92 Å². The van der Waals surface area contributed by atoms with Crippen molar-refractivity contribution in [1.29, 1.82) is 0 Å². The Morgan fingerprint density at radius 1 is 1.38 bits per heavy atom. The van der Waals surface area contributed by atoms with E-state index in [0.717, 1.165) is 0 Å². The molecule has 3 nitrogen and oxygen atoms in total. The van der Waals surface area contributed by atoms with Crippen LogP contribution in [0.25, 0.3) is 0 Å². The van der Waals surface area contributed by atoms with Crippen molar-refractivity contribution in [2.75, 3.05) is 5.73 Å². The van der Waals surface area contributed by atoms with Gasteiger partial charge in [-0.3, -0.25) is 0 Å². The van der Waals surface area contributed by atoms with Crippen LogP contribution in [0, 0.1) is 0 Å². The highest BCUT2D eigenvalue weighted by Gasteiger charge is 2.31. The minimum absolute atomic E-state index is 0.0822. The van der Waals surface area contributed by atoms with E-state index in [4.69, 9.17) is 5.73 Å². The van der Waals surface area contributed by atoms with E-state index in [9.17, 15) is 8.78 Å². The number of alkyl halides is 2. The van der Waals surface area contributed by atoms with E-state index in [1.807, 2.05) is 0 Å². The zero-order valence-corrected chi connectivity index (χ0v) is 8.48. The van der Waals surface area contributed by atoms with Gasteiger partial charge in [0, 0.05) is 23.6 Å². The summed E-state index contributed by atoms with van der Waals surface area (Å²) in [6.07, 6.45) is 4.33. The van der Waals surface area contributed by atoms with Gasteiger partial charge in [-0.1, -0.05) is 12.1 Å². The van der Waals surface area contributed by atoms with Crippen LogP contribution < -0.4 is 5.73 Å². The predicted octanol–water partition coefficient (Wildman–Crippen LogP) is 2.26. The highest BCUT2D eigenvalue weighted by Crippen LogP contribution is 2.30. The Labute approximate surface area is 91.5 Å². The molecule has 1 aromatic carbocycles. The normalized spacial score (nSPS) is 11.6. The molecule has 5 heteroatoms. The number of hydrogen-bond donors (Lipinski definition) is 1. The molecular weight excluding hydrogens is 212 g/mol. The minimum atomic E-state index is -2.95. The number of imidazole rings is 1. The second kappa shape index (κ2) is 3.92. The van der Waals surface area contributed by atoms with Crippen LogP contribution in [0.15, 0.2) is 43.0 Å². The monoisotopic (exact) mass is 223 g/mol. The number of anilines is 1. The third kappa shape index (κ3) is 2.18. The van der Waals surface area contributed by atoms with Crippen molar-refractivity contribution in [3.05, 3.63) is 48.5 Å². The number of nitrogens with two attached hydrogens (primary N) is 1. The summed E-state index contributed by atoms with van der Waals surface area (Å²) >= 11 is 0. The lowest BCUT2D eigenvalue weighted by atomic mass is 10.1. The maximum Gasteiger partial charge on any atom is 0.290 e. The molecule has 0 spiro atoms. The molecule has 0 saturated carbocycles. The Morgan fingerprint density at radius 3 is 2.81 bits per heavy atom. The van der Waals surface area contributed by atoms with E-state index in [1.165, 1.54) is 41.5 Å². The molecule has 0 fully saturated rings. The van der Waals surface area contributed by atoms with Crippen LogP contribution in [-0.4, -0.2) is 9.55 Å². The van der Waals surface area contributed by atoms with Gasteiger partial charge in [-0.15, -0.1) is 0 Å². The van der Waals surface area contributed by atoms with Crippen LogP contribution in [0.1, 0.15) is 5.56 Å². The van der Waals surface area contributed by atoms with Gasteiger partial charge in [-0.2, -0.15) is 8.78 Å². The molecule has 0 aliphatic carbocycles. The van der Waals surface area contributed by atoms with E-state index >= 15 is 0 Å². The van der Waals surface area contributed by atoms with Crippen molar-refractivity contribution in [2.24, 2.45) is 0 Å². The van der Waals surface area contributed by atoms with E-state index in [1.54, 1.807) is 6.07 Å². The fourth-order valence-corrected chi connectivity index (χ4v) is 1.47. The Bertz CT molecular complexity index is 466. The van der Waals surface area contributed by atoms with E-state index in [2.05, 4.69) is 4.98 Å². The van der Waals surface area contributed by atoms with Crippen LogP contribution >= 0.6 is 0 Å². The van der Waals surface area contributed by atoms with Gasteiger partial charge in [0.15, 0.2) is 0 Å². The lowest BCUT2D eigenvalue weighted by molar-refractivity contribution is -0.0222. The summed E-state index contributed by atoms with van der Waals surface area (Å²) in [7, 11) is 0. The maximum atomic E-state index is 13.8. The molecule has 0 bridgehead atoms. The van der Waals surface area contributed by atoms with Crippen molar-refractivity contribution in [1.82, 2.24) is 9.55 Å². The van der Waals surface area contributed by atoms with Crippen molar-refractivity contribution in [3.8, 4) is 0 Å². The second-order valence-corrected chi connectivity index (χ2v) is 3.56. The third-order valence-electron chi connectivity index (χ3n) is 2.25. The van der Waals surface area contributed by atoms with Gasteiger partial charge in [-0.05, 0) is 12.1 Å². The first kappa shape index (κ1) is 10.6. The van der Waals surface area contributed by atoms with Crippen LogP contribution in [0.5, 0.6) is 0 Å². The summed E-state index contributed by atoms with van der Waals surface area (Å²) in [5, 5.41) is 0. The summed E-state index contributed by atoms with van der Waals surface area (Å²) in [5.41, 5.74) is 5.73. The van der Waals surface area contributed by atoms with Crippen LogP contribution in [0.3, 0.4) is 0 Å². The number of nitrogen functional groups attached to an aromatic ring is 1. The number of nitrogens with zero attached hydrogens (tertiary/aromatic N) is 2. The Kier molecular flexibility index (Phi) is 2.60. The number of rotatable bonds is 3. The van der Waals surface area contributed by atoms with Crippen LogP contribution in [-0.2, 0) is 12.5 Å². The molecular formula is C11H11F2N3. The standard InChI is InChI=1S/C11H11F2N3/c12-11(13,7-16-5-4-15-8-16)9-2-1-3-10(14)6-9/h1-6,8H,7,14H2. The lowest BCUT2D eigenvalue weighted by Crippen LogP contribution is -2.20. The molecule has 0 amide bonds. The van der Waals surface area contributed by atoms with Crippen molar-refractivity contribution in [3.63, 3.8) is 0 Å². The fourth-order valence-electron chi connectivity index (χ4n) is 1.47. The van der Waals surface area contributed by atoms with Gasteiger partial charge in [-0.25, -0.2) is 4.98 Å². The summed E-state index contributed by atoms with van der Waals surface area (Å²) in [5.74, 6) is -2.95. The molecule has 2 rings (SSSR count). The highest BCUT2D eigenvalue weighted by atomic mass is 19.3. The summed E-state index contributed by atoms with van der Waals surface area (Å²) in [6.45, 7) is -0.434. The molecule has 0 unspecified atom stereocenters. The Morgan fingerprint density at radius 2 is 2.19 bits per heavy atom. The highest BCUT2D eigenvalue weighted by molar-refractivity contribution is 5.42. The Balaban J connectivity index is 2.24. The quantitative estimate of drug-likeness (QED) is 0.811. The Hall–Kier alpha value is -1.91. The summed E-state index contributed by atoms with van der Waals surface area (Å²) < 4.78 is 28.9. The average molecular weight is 223 g/mol. The van der Waals surface area contributed by atoms with Gasteiger partial charge < -0.3 is 10.3 Å². The SMILES string of the molecule is Nc1cccc(C(F)(F)Cn2ccnc2)c1. The minimum Gasteiger partial charge on any atom is -0.399 e. The molecule has 16 heavy (non-hydrogen) atoms. The molecule has 0 saturated heterocycles. The molecule has 0 aliphatic rings. The molecule has 1 aromatic heterocycles. The number of halogens is 2. The molecule has 0 radical (unpaired) electrons. The first-order valence-corrected chi connectivity index (χ1v) is 4.77. The smallest absolute Gasteiger partial charge is 0.290 e. The van der Waals surface area contributed by atoms with Crippen molar-refractivity contribution in [2.45, 2.75) is 12.5 Å². The van der Waals surface area contributed by atoms with E-state index in [-0.39, 0.29) is 5.56 Å². The molecule has 0 aliphatic heterocycles. The van der Waals surface area contributed by atoms with Crippen molar-refractivity contribution >= 4 is 5.69 Å². The molecule has 2 N–H and O–H groups in total. The zero-order valence-electron chi connectivity index (χ0n) is 8.48. The maximum absolute atomic E-state index is 13.8. The average Bonchev–Trinajstić information content (AvgIpc) is 2.70. The molecule has 1 heterocycles. The first-order chi connectivity index (χ1) is 7.58. The fraction of sp³-hybridized carbons (Fsp3) is 0.182. The third-order valence-corrected chi connectivity index (χ3v) is 2.25. The number of hydrogen-bond acceptors (Lipinski definition) is 2. The van der Waals surface area contributed by atoms with Crippen LogP contribution in [0.2, 0.25) is 0 Å². The zero-order chi connectivity index (χ0) is 11.6. The summed E-state index contributed by atoms with van der Waals surface area (Å²) in [6, 6.07) is 5.76. The number of aromatic nitrogens is 2. The van der Waals surface area contributed by atoms with Gasteiger partial charge in [0.05, 0.1) is 12.9 Å². The van der Waals surface area contributed by atoms with Gasteiger partial charge in [0.1, 0.15) is 0 Å². The van der Waals surface area contributed by atoms with Crippen molar-refractivity contribution < 1.29 is 8.78 Å². The molecule has 2 aromatic rings. The molecule has 0 atom stereocenters. The summed E-state index contributed by atoms with van der Waals surface area (Å²) in [4.78, 5) is 3.72. The van der Waals surface area contributed by atoms with E-state index < -0.39 is 12.5 Å². The lowest BCUT2D eigenvalue weighted by Gasteiger charge is -2.17. The first-order valence-electron chi connectivity index (χ1n) is 4.77. The number of benzene rings is 1. The molecule has 84 valence electrons. The van der Waals surface area contributed by atoms with Gasteiger partial charge >= 0.3 is 0 Å². The second-order valence-electron chi connectivity index (χ2n) is 3.56. The van der Waals surface area contributed by atoms with Crippen LogP contribution in [0.4, 0.5) is 14.5 Å². The van der Waals surface area contributed by atoms with E-state index in [0.29, 0.717) is 5.69 Å². The largest absolute Gasteiger partial charge is 0.399 e. The topological polar surface area (TPSA) is 43.8 Å². The predicted molar refractivity (Wildman–Crippen MR) is 57.0 cm³/mol. The van der Waals surface area contributed by atoms with Gasteiger partial charge in [0.2, 0.25) is 0 Å².